The molecule has 0 saturated heterocycles. The van der Waals surface area contributed by atoms with Crippen LogP contribution in [0.2, 0.25) is 0 Å². The van der Waals surface area contributed by atoms with E-state index in [2.05, 4.69) is 4.72 Å². The Labute approximate surface area is 136 Å². The van der Waals surface area contributed by atoms with Gasteiger partial charge in [0, 0.05) is 12.1 Å². The molecule has 2 atom stereocenters. The van der Waals surface area contributed by atoms with Gasteiger partial charge in [0.25, 0.3) is 0 Å². The summed E-state index contributed by atoms with van der Waals surface area (Å²) in [6.45, 7) is 2.01. The first kappa shape index (κ1) is 16.0. The normalized spacial score (nSPS) is 20.4. The molecule has 4 N–H and O–H groups in total. The van der Waals surface area contributed by atoms with Gasteiger partial charge in [-0.05, 0) is 47.4 Å². The smallest absolute Gasteiger partial charge is 0.241 e. The van der Waals surface area contributed by atoms with Gasteiger partial charge in [-0.2, -0.15) is 0 Å². The summed E-state index contributed by atoms with van der Waals surface area (Å²) < 4.78 is 27.8. The van der Waals surface area contributed by atoms with E-state index in [0.717, 1.165) is 23.1 Å². The number of benzene rings is 2. The van der Waals surface area contributed by atoms with E-state index in [1.807, 2.05) is 13.0 Å². The topological polar surface area (TPSA) is 92.4 Å². The fourth-order valence-corrected chi connectivity index (χ4v) is 4.17. The number of nitrogens with one attached hydrogen (secondary N) is 1. The maximum atomic E-state index is 12.6. The van der Waals surface area contributed by atoms with Crippen LogP contribution in [0.4, 0.5) is 5.69 Å². The van der Waals surface area contributed by atoms with Crippen LogP contribution >= 0.6 is 0 Å². The second-order valence-corrected chi connectivity index (χ2v) is 7.54. The number of anilines is 1. The van der Waals surface area contributed by atoms with Crippen molar-refractivity contribution < 1.29 is 13.5 Å². The Morgan fingerprint density at radius 1 is 1.22 bits per heavy atom. The summed E-state index contributed by atoms with van der Waals surface area (Å²) >= 11 is 0. The van der Waals surface area contributed by atoms with Crippen LogP contribution in [0.15, 0.2) is 47.4 Å². The first-order valence-electron chi connectivity index (χ1n) is 7.58. The first-order valence-corrected chi connectivity index (χ1v) is 9.06. The minimum absolute atomic E-state index is 0.194. The van der Waals surface area contributed by atoms with Crippen LogP contribution in [0.25, 0.3) is 0 Å². The van der Waals surface area contributed by atoms with E-state index in [1.54, 1.807) is 36.4 Å². The molecule has 6 heteroatoms. The minimum Gasteiger partial charge on any atom is -0.399 e. The van der Waals surface area contributed by atoms with Crippen LogP contribution in [0, 0.1) is 0 Å². The lowest BCUT2D eigenvalue weighted by molar-refractivity contribution is 0.151. The van der Waals surface area contributed by atoms with Crippen molar-refractivity contribution in [1.29, 1.82) is 0 Å². The first-order chi connectivity index (χ1) is 10.9. The number of rotatable bonds is 4. The second kappa shape index (κ2) is 5.96. The van der Waals surface area contributed by atoms with Crippen molar-refractivity contribution >= 4 is 15.7 Å². The lowest BCUT2D eigenvalue weighted by atomic mass is 10.1. The van der Waals surface area contributed by atoms with E-state index in [4.69, 9.17) is 5.73 Å². The molecule has 0 aromatic heterocycles. The predicted molar refractivity (Wildman–Crippen MR) is 89.4 cm³/mol. The molecule has 0 spiro atoms. The monoisotopic (exact) mass is 332 g/mol. The van der Waals surface area contributed by atoms with Crippen molar-refractivity contribution in [3.8, 4) is 0 Å². The second-order valence-electron chi connectivity index (χ2n) is 5.83. The Balaban J connectivity index is 1.90. The number of aliphatic hydroxyl groups excluding tert-OH is 1. The number of sulfonamides is 1. The van der Waals surface area contributed by atoms with Gasteiger partial charge < -0.3 is 10.8 Å². The van der Waals surface area contributed by atoms with Gasteiger partial charge in [0.05, 0.1) is 17.0 Å². The zero-order chi connectivity index (χ0) is 16.6. The molecule has 0 radical (unpaired) electrons. The standard InChI is InChI=1S/C17H20N2O3S/c1-2-11-3-7-14(8-4-11)23(21,22)19-17-15-10-13(18)6-5-12(15)9-16(17)20/h3-8,10,16-17,19-20H,2,9,18H2,1H3/t16-,17?/m1/s1. The lowest BCUT2D eigenvalue weighted by Gasteiger charge is -2.18. The zero-order valence-electron chi connectivity index (χ0n) is 12.9. The Bertz CT molecular complexity index is 816. The quantitative estimate of drug-likeness (QED) is 0.744. The molecule has 1 aliphatic carbocycles. The number of nitrogens with two attached hydrogens (primary N) is 1. The van der Waals surface area contributed by atoms with E-state index in [9.17, 15) is 13.5 Å². The molecule has 122 valence electrons. The Morgan fingerprint density at radius 3 is 2.57 bits per heavy atom. The van der Waals surface area contributed by atoms with Crippen molar-refractivity contribution in [2.24, 2.45) is 0 Å². The van der Waals surface area contributed by atoms with Crippen molar-refractivity contribution in [2.45, 2.75) is 36.8 Å². The summed E-state index contributed by atoms with van der Waals surface area (Å²) in [7, 11) is -3.71. The Kier molecular flexibility index (Phi) is 4.14. The molecule has 0 fully saturated rings. The highest BCUT2D eigenvalue weighted by atomic mass is 32.2. The number of nitrogen functional groups attached to an aromatic ring is 1. The van der Waals surface area contributed by atoms with Gasteiger partial charge in [0.1, 0.15) is 0 Å². The molecular weight excluding hydrogens is 312 g/mol. The highest BCUT2D eigenvalue weighted by Crippen LogP contribution is 2.34. The fourth-order valence-electron chi connectivity index (χ4n) is 2.92. The highest BCUT2D eigenvalue weighted by molar-refractivity contribution is 7.89. The summed E-state index contributed by atoms with van der Waals surface area (Å²) in [6.07, 6.45) is 0.468. The molecule has 5 nitrogen and oxygen atoms in total. The van der Waals surface area contributed by atoms with Gasteiger partial charge in [-0.3, -0.25) is 0 Å². The maximum absolute atomic E-state index is 12.6. The van der Waals surface area contributed by atoms with Gasteiger partial charge in [-0.15, -0.1) is 0 Å². The minimum atomic E-state index is -3.71. The number of fused-ring (bicyclic) bond motifs is 1. The molecule has 1 unspecified atom stereocenters. The molecule has 3 rings (SSSR count). The summed E-state index contributed by atoms with van der Waals surface area (Å²) in [6, 6.07) is 11.4. The van der Waals surface area contributed by atoms with Crippen LogP contribution < -0.4 is 10.5 Å². The number of hydrogen-bond donors (Lipinski definition) is 3. The molecule has 2 aromatic rings. The van der Waals surface area contributed by atoms with Crippen LogP contribution in [-0.4, -0.2) is 19.6 Å². The van der Waals surface area contributed by atoms with Gasteiger partial charge >= 0.3 is 0 Å². The van der Waals surface area contributed by atoms with E-state index in [-0.39, 0.29) is 4.90 Å². The van der Waals surface area contributed by atoms with E-state index >= 15 is 0 Å². The maximum Gasteiger partial charge on any atom is 0.241 e. The molecule has 1 aliphatic rings. The van der Waals surface area contributed by atoms with Crippen molar-refractivity contribution in [3.63, 3.8) is 0 Å². The average molecular weight is 332 g/mol. The summed E-state index contributed by atoms with van der Waals surface area (Å²) in [5.74, 6) is 0. The van der Waals surface area contributed by atoms with Gasteiger partial charge in [-0.1, -0.05) is 25.1 Å². The van der Waals surface area contributed by atoms with Gasteiger partial charge in [-0.25, -0.2) is 13.1 Å². The molecule has 0 bridgehead atoms. The van der Waals surface area contributed by atoms with Crippen LogP contribution in [0.3, 0.4) is 0 Å². The third-order valence-electron chi connectivity index (χ3n) is 4.24. The molecular formula is C17H20N2O3S. The number of aryl methyl sites for hydroxylation is 1. The summed E-state index contributed by atoms with van der Waals surface area (Å²) in [5, 5.41) is 10.2. The van der Waals surface area contributed by atoms with Crippen molar-refractivity contribution in [3.05, 3.63) is 59.2 Å². The highest BCUT2D eigenvalue weighted by Gasteiger charge is 2.34. The van der Waals surface area contributed by atoms with Crippen molar-refractivity contribution in [2.75, 3.05) is 5.73 Å². The number of hydrogen-bond acceptors (Lipinski definition) is 4. The Hall–Kier alpha value is -1.89. The van der Waals surface area contributed by atoms with Crippen molar-refractivity contribution in [1.82, 2.24) is 4.72 Å². The third kappa shape index (κ3) is 3.10. The van der Waals surface area contributed by atoms with Crippen LogP contribution in [0.1, 0.15) is 29.7 Å². The van der Waals surface area contributed by atoms with E-state index in [1.165, 1.54) is 0 Å². The molecule has 2 aromatic carbocycles. The molecule has 0 amide bonds. The predicted octanol–water partition coefficient (Wildman–Crippen LogP) is 1.77. The summed E-state index contributed by atoms with van der Waals surface area (Å²) in [5.41, 5.74) is 9.07. The molecule has 0 heterocycles. The van der Waals surface area contributed by atoms with E-state index in [0.29, 0.717) is 12.1 Å². The molecule has 0 saturated carbocycles. The van der Waals surface area contributed by atoms with Crippen LogP contribution in [-0.2, 0) is 22.9 Å². The zero-order valence-corrected chi connectivity index (χ0v) is 13.7. The molecule has 0 aliphatic heterocycles. The average Bonchev–Trinajstić information content (AvgIpc) is 2.83. The third-order valence-corrected chi connectivity index (χ3v) is 5.70. The SMILES string of the molecule is CCc1ccc(S(=O)(=O)NC2c3cc(N)ccc3C[C@H]2O)cc1. The fraction of sp³-hybridized carbons (Fsp3) is 0.294. The van der Waals surface area contributed by atoms with E-state index < -0.39 is 22.2 Å². The van der Waals surface area contributed by atoms with Crippen LogP contribution in [0.5, 0.6) is 0 Å². The Morgan fingerprint density at radius 2 is 1.91 bits per heavy atom. The lowest BCUT2D eigenvalue weighted by Crippen LogP contribution is -2.33. The van der Waals surface area contributed by atoms with Gasteiger partial charge in [0.2, 0.25) is 10.0 Å². The van der Waals surface area contributed by atoms with Gasteiger partial charge in [0.15, 0.2) is 0 Å². The summed E-state index contributed by atoms with van der Waals surface area (Å²) in [4.78, 5) is 0.194. The molecule has 23 heavy (non-hydrogen) atoms. The number of aliphatic hydroxyl groups is 1. The largest absolute Gasteiger partial charge is 0.399 e.